The molecule has 0 spiro atoms. The molecule has 0 aliphatic rings. The zero-order valence-corrected chi connectivity index (χ0v) is 13.3. The molecule has 3 aromatic heterocycles. The van der Waals surface area contributed by atoms with Gasteiger partial charge < -0.3 is 19.8 Å². The van der Waals surface area contributed by atoms with Crippen LogP contribution in [0.15, 0.2) is 61.1 Å². The van der Waals surface area contributed by atoms with Crippen molar-refractivity contribution in [3.05, 3.63) is 72.3 Å². The number of imidazole rings is 1. The van der Waals surface area contributed by atoms with Gasteiger partial charge in [-0.05, 0) is 30.2 Å². The molecular formula is C19H20N4O. The third-order valence-electron chi connectivity index (χ3n) is 4.35. The lowest BCUT2D eigenvalue weighted by Crippen LogP contribution is -2.34. The van der Waals surface area contributed by atoms with Crippen LogP contribution in [-0.2, 0) is 13.0 Å². The standard InChI is InChI=1S/C19H20N4O/c24-13-15(9-14-10-21-18-6-2-1-5-17(14)18)20-11-16-12-23-8-4-3-7-19(23)22-16/h1-8,10,12,15,20-21,24H,9,11,13H2. The molecule has 122 valence electrons. The van der Waals surface area contributed by atoms with Gasteiger partial charge in [0.05, 0.1) is 12.3 Å². The third-order valence-corrected chi connectivity index (χ3v) is 4.35. The highest BCUT2D eigenvalue weighted by Crippen LogP contribution is 2.19. The van der Waals surface area contributed by atoms with Gasteiger partial charge in [0.1, 0.15) is 5.65 Å². The molecule has 5 heteroatoms. The SMILES string of the molecule is OCC(Cc1c[nH]c2ccccc12)NCc1cn2ccccc2n1. The fraction of sp³-hybridized carbons (Fsp3) is 0.211. The van der Waals surface area contributed by atoms with Gasteiger partial charge in [-0.2, -0.15) is 0 Å². The molecule has 0 saturated heterocycles. The predicted molar refractivity (Wildman–Crippen MR) is 94.9 cm³/mol. The molecule has 4 rings (SSSR count). The number of aliphatic hydroxyl groups is 1. The topological polar surface area (TPSA) is 65.3 Å². The first-order valence-electron chi connectivity index (χ1n) is 8.15. The normalized spacial score (nSPS) is 12.9. The number of benzene rings is 1. The molecule has 5 nitrogen and oxygen atoms in total. The van der Waals surface area contributed by atoms with Crippen LogP contribution in [-0.4, -0.2) is 32.1 Å². The Balaban J connectivity index is 1.46. The number of para-hydroxylation sites is 1. The van der Waals surface area contributed by atoms with Gasteiger partial charge in [-0.1, -0.05) is 24.3 Å². The largest absolute Gasteiger partial charge is 0.395 e. The number of fused-ring (bicyclic) bond motifs is 2. The smallest absolute Gasteiger partial charge is 0.137 e. The average Bonchev–Trinajstić information content (AvgIpc) is 3.22. The van der Waals surface area contributed by atoms with Crippen molar-refractivity contribution < 1.29 is 5.11 Å². The number of H-pyrrole nitrogens is 1. The molecule has 1 aromatic carbocycles. The number of rotatable bonds is 6. The van der Waals surface area contributed by atoms with Crippen LogP contribution in [0.25, 0.3) is 16.6 Å². The van der Waals surface area contributed by atoms with Gasteiger partial charge in [-0.25, -0.2) is 4.98 Å². The number of hydrogen-bond donors (Lipinski definition) is 3. The molecule has 0 saturated carbocycles. The van der Waals surface area contributed by atoms with Crippen LogP contribution in [0.4, 0.5) is 0 Å². The lowest BCUT2D eigenvalue weighted by molar-refractivity contribution is 0.240. The maximum Gasteiger partial charge on any atom is 0.137 e. The van der Waals surface area contributed by atoms with E-state index in [1.165, 1.54) is 10.9 Å². The Morgan fingerprint density at radius 2 is 2.04 bits per heavy atom. The van der Waals surface area contributed by atoms with Gasteiger partial charge in [0.25, 0.3) is 0 Å². The Morgan fingerprint density at radius 3 is 2.92 bits per heavy atom. The summed E-state index contributed by atoms with van der Waals surface area (Å²) < 4.78 is 2.00. The van der Waals surface area contributed by atoms with E-state index in [1.54, 1.807) is 0 Å². The van der Waals surface area contributed by atoms with E-state index in [2.05, 4.69) is 27.4 Å². The Kier molecular flexibility index (Phi) is 4.02. The van der Waals surface area contributed by atoms with Crippen LogP contribution in [0, 0.1) is 0 Å². The zero-order chi connectivity index (χ0) is 16.4. The monoisotopic (exact) mass is 320 g/mol. The molecule has 4 aromatic rings. The number of aliphatic hydroxyl groups excluding tert-OH is 1. The molecule has 0 radical (unpaired) electrons. The molecule has 1 atom stereocenters. The second kappa shape index (κ2) is 6.47. The maximum atomic E-state index is 9.72. The van der Waals surface area contributed by atoms with Crippen molar-refractivity contribution in [3.8, 4) is 0 Å². The summed E-state index contributed by atoms with van der Waals surface area (Å²) in [6, 6.07) is 14.2. The van der Waals surface area contributed by atoms with Crippen LogP contribution in [0.5, 0.6) is 0 Å². The highest BCUT2D eigenvalue weighted by Gasteiger charge is 2.12. The van der Waals surface area contributed by atoms with Crippen LogP contribution in [0.1, 0.15) is 11.3 Å². The van der Waals surface area contributed by atoms with Crippen molar-refractivity contribution >= 4 is 16.6 Å². The molecule has 0 amide bonds. The summed E-state index contributed by atoms with van der Waals surface area (Å²) in [5.41, 5.74) is 4.25. The first-order chi connectivity index (χ1) is 11.8. The molecule has 3 N–H and O–H groups in total. The quantitative estimate of drug-likeness (QED) is 0.511. The molecule has 0 aliphatic carbocycles. The Morgan fingerprint density at radius 1 is 1.17 bits per heavy atom. The van der Waals surface area contributed by atoms with E-state index >= 15 is 0 Å². The summed E-state index contributed by atoms with van der Waals surface area (Å²) >= 11 is 0. The van der Waals surface area contributed by atoms with Crippen LogP contribution < -0.4 is 5.32 Å². The second-order valence-electron chi connectivity index (χ2n) is 6.02. The van der Waals surface area contributed by atoms with E-state index in [4.69, 9.17) is 0 Å². The Hall–Kier alpha value is -2.63. The van der Waals surface area contributed by atoms with Gasteiger partial charge in [-0.15, -0.1) is 0 Å². The predicted octanol–water partition coefficient (Wildman–Crippen LogP) is 2.51. The van der Waals surface area contributed by atoms with E-state index in [-0.39, 0.29) is 12.6 Å². The van der Waals surface area contributed by atoms with E-state index in [0.29, 0.717) is 6.54 Å². The minimum absolute atomic E-state index is 0.00554. The van der Waals surface area contributed by atoms with Gasteiger partial charge in [0, 0.05) is 42.1 Å². The third kappa shape index (κ3) is 2.91. The van der Waals surface area contributed by atoms with Crippen molar-refractivity contribution in [2.24, 2.45) is 0 Å². The fourth-order valence-corrected chi connectivity index (χ4v) is 3.09. The van der Waals surface area contributed by atoms with E-state index in [9.17, 15) is 5.11 Å². The van der Waals surface area contributed by atoms with Gasteiger partial charge >= 0.3 is 0 Å². The first-order valence-corrected chi connectivity index (χ1v) is 8.15. The lowest BCUT2D eigenvalue weighted by atomic mass is 10.1. The maximum absolute atomic E-state index is 9.72. The molecule has 0 aliphatic heterocycles. The van der Waals surface area contributed by atoms with Crippen LogP contribution in [0.3, 0.4) is 0 Å². The van der Waals surface area contributed by atoms with Crippen LogP contribution in [0.2, 0.25) is 0 Å². The summed E-state index contributed by atoms with van der Waals surface area (Å²) in [6.45, 7) is 0.724. The summed E-state index contributed by atoms with van der Waals surface area (Å²) in [6.07, 6.45) is 6.80. The highest BCUT2D eigenvalue weighted by atomic mass is 16.3. The lowest BCUT2D eigenvalue weighted by Gasteiger charge is -2.15. The van der Waals surface area contributed by atoms with E-state index in [1.807, 2.05) is 53.3 Å². The highest BCUT2D eigenvalue weighted by molar-refractivity contribution is 5.83. The number of nitrogens with one attached hydrogen (secondary N) is 2. The van der Waals surface area contributed by atoms with Crippen molar-refractivity contribution in [1.29, 1.82) is 0 Å². The summed E-state index contributed by atoms with van der Waals surface area (Å²) in [5, 5.41) is 14.3. The number of pyridine rings is 1. The Labute approximate surface area is 140 Å². The van der Waals surface area contributed by atoms with Crippen molar-refractivity contribution in [2.45, 2.75) is 19.0 Å². The van der Waals surface area contributed by atoms with Crippen LogP contribution >= 0.6 is 0 Å². The Bertz CT molecular complexity index is 923. The number of aromatic nitrogens is 3. The number of nitrogens with zero attached hydrogens (tertiary/aromatic N) is 2. The minimum atomic E-state index is -0.00554. The molecular weight excluding hydrogens is 300 g/mol. The summed E-state index contributed by atoms with van der Waals surface area (Å²) in [5.74, 6) is 0. The van der Waals surface area contributed by atoms with Crippen molar-refractivity contribution in [1.82, 2.24) is 19.7 Å². The van der Waals surface area contributed by atoms with Crippen molar-refractivity contribution in [2.75, 3.05) is 6.61 Å². The van der Waals surface area contributed by atoms with Gasteiger partial charge in [0.2, 0.25) is 0 Å². The molecule has 3 heterocycles. The van der Waals surface area contributed by atoms with Gasteiger partial charge in [0.15, 0.2) is 0 Å². The number of hydrogen-bond acceptors (Lipinski definition) is 3. The number of aromatic amines is 1. The fourth-order valence-electron chi connectivity index (χ4n) is 3.09. The summed E-state index contributed by atoms with van der Waals surface area (Å²) in [7, 11) is 0. The molecule has 1 unspecified atom stereocenters. The average molecular weight is 320 g/mol. The second-order valence-corrected chi connectivity index (χ2v) is 6.02. The minimum Gasteiger partial charge on any atom is -0.395 e. The zero-order valence-electron chi connectivity index (χ0n) is 13.3. The van der Waals surface area contributed by atoms with Gasteiger partial charge in [-0.3, -0.25) is 0 Å². The summed E-state index contributed by atoms with van der Waals surface area (Å²) in [4.78, 5) is 7.86. The molecule has 0 bridgehead atoms. The van der Waals surface area contributed by atoms with Crippen molar-refractivity contribution in [3.63, 3.8) is 0 Å². The molecule has 0 fully saturated rings. The van der Waals surface area contributed by atoms with E-state index in [0.717, 1.165) is 23.3 Å². The first kappa shape index (κ1) is 14.9. The molecule has 24 heavy (non-hydrogen) atoms. The van der Waals surface area contributed by atoms with E-state index < -0.39 is 0 Å².